The van der Waals surface area contributed by atoms with Gasteiger partial charge in [-0.2, -0.15) is 0 Å². The van der Waals surface area contributed by atoms with Crippen LogP contribution in [0, 0.1) is 12.8 Å². The van der Waals surface area contributed by atoms with E-state index in [1.54, 1.807) is 26.0 Å². The molecule has 0 unspecified atom stereocenters. The highest BCUT2D eigenvalue weighted by Gasteiger charge is 2.30. The SMILES string of the molecule is CCOC(=O)c1c(NC(=O)c2ccc(C)o2)sc2c1CC[C@@H](CC)C2. The number of esters is 1. The topological polar surface area (TPSA) is 68.5 Å². The van der Waals surface area contributed by atoms with E-state index in [4.69, 9.17) is 9.15 Å². The van der Waals surface area contributed by atoms with Crippen LogP contribution in [0.15, 0.2) is 16.5 Å². The Bertz CT molecular complexity index is 789. The van der Waals surface area contributed by atoms with Crippen LogP contribution in [0.1, 0.15) is 63.8 Å². The van der Waals surface area contributed by atoms with Crippen LogP contribution in [0.25, 0.3) is 0 Å². The summed E-state index contributed by atoms with van der Waals surface area (Å²) in [6.07, 6.45) is 4.00. The molecule has 0 radical (unpaired) electrons. The number of carbonyl (C=O) groups is 2. The molecular weight excluding hydrogens is 338 g/mol. The molecule has 1 amide bonds. The number of rotatable bonds is 5. The molecule has 2 aromatic rings. The number of amides is 1. The van der Waals surface area contributed by atoms with Gasteiger partial charge in [-0.15, -0.1) is 11.3 Å². The van der Waals surface area contributed by atoms with Crippen molar-refractivity contribution in [3.8, 4) is 0 Å². The molecule has 0 bridgehead atoms. The number of ether oxygens (including phenoxy) is 1. The molecule has 0 spiro atoms. The van der Waals surface area contributed by atoms with Gasteiger partial charge in [0, 0.05) is 4.88 Å². The van der Waals surface area contributed by atoms with Gasteiger partial charge in [-0.1, -0.05) is 13.3 Å². The maximum Gasteiger partial charge on any atom is 0.341 e. The van der Waals surface area contributed by atoms with Crippen molar-refractivity contribution >= 4 is 28.2 Å². The predicted octanol–water partition coefficient (Wildman–Crippen LogP) is 4.59. The molecule has 5 nitrogen and oxygen atoms in total. The molecule has 2 aromatic heterocycles. The fourth-order valence-electron chi connectivity index (χ4n) is 3.23. The third-order valence-corrected chi connectivity index (χ3v) is 5.79. The smallest absolute Gasteiger partial charge is 0.341 e. The summed E-state index contributed by atoms with van der Waals surface area (Å²) in [6.45, 7) is 6.08. The number of carbonyl (C=O) groups excluding carboxylic acids is 2. The molecule has 1 N–H and O–H groups in total. The highest BCUT2D eigenvalue weighted by atomic mass is 32.1. The Morgan fingerprint density at radius 3 is 2.80 bits per heavy atom. The molecule has 2 heterocycles. The number of fused-ring (bicyclic) bond motifs is 1. The van der Waals surface area contributed by atoms with E-state index in [1.807, 2.05) is 0 Å². The number of hydrogen-bond donors (Lipinski definition) is 1. The zero-order chi connectivity index (χ0) is 18.0. The van der Waals surface area contributed by atoms with E-state index in [0.717, 1.165) is 31.2 Å². The molecule has 0 aliphatic heterocycles. The third kappa shape index (κ3) is 3.63. The Kier molecular flexibility index (Phi) is 5.27. The molecule has 6 heteroatoms. The minimum absolute atomic E-state index is 0.241. The number of nitrogens with one attached hydrogen (secondary N) is 1. The van der Waals surface area contributed by atoms with Crippen LogP contribution >= 0.6 is 11.3 Å². The number of anilines is 1. The van der Waals surface area contributed by atoms with Gasteiger partial charge >= 0.3 is 5.97 Å². The Labute approximate surface area is 151 Å². The molecule has 3 rings (SSSR count). The molecule has 0 fully saturated rings. The minimum Gasteiger partial charge on any atom is -0.462 e. The van der Waals surface area contributed by atoms with E-state index >= 15 is 0 Å². The largest absolute Gasteiger partial charge is 0.462 e. The Hall–Kier alpha value is -2.08. The van der Waals surface area contributed by atoms with E-state index < -0.39 is 0 Å². The van der Waals surface area contributed by atoms with E-state index in [2.05, 4.69) is 12.2 Å². The standard InChI is InChI=1S/C19H23NO4S/c1-4-12-7-8-13-15(10-12)25-18(16(13)19(22)23-5-2)20-17(21)14-9-6-11(3)24-14/h6,9,12H,4-5,7-8,10H2,1-3H3,(H,20,21)/t12-/m1/s1. The highest BCUT2D eigenvalue weighted by molar-refractivity contribution is 7.17. The van der Waals surface area contributed by atoms with Crippen molar-refractivity contribution < 1.29 is 18.7 Å². The average Bonchev–Trinajstić information content (AvgIpc) is 3.17. The molecule has 1 atom stereocenters. The summed E-state index contributed by atoms with van der Waals surface area (Å²) in [5, 5.41) is 3.42. The summed E-state index contributed by atoms with van der Waals surface area (Å²) in [6, 6.07) is 3.38. The van der Waals surface area contributed by atoms with Gasteiger partial charge in [0.25, 0.3) is 5.91 Å². The number of hydrogen-bond acceptors (Lipinski definition) is 5. The second kappa shape index (κ2) is 7.44. The molecule has 1 aliphatic rings. The van der Waals surface area contributed by atoms with E-state index in [1.165, 1.54) is 16.2 Å². The summed E-state index contributed by atoms with van der Waals surface area (Å²) in [7, 11) is 0. The lowest BCUT2D eigenvalue weighted by molar-refractivity contribution is 0.0526. The first-order valence-corrected chi connectivity index (χ1v) is 9.54. The number of thiophene rings is 1. The maximum absolute atomic E-state index is 12.5. The lowest BCUT2D eigenvalue weighted by atomic mass is 9.85. The fourth-order valence-corrected chi connectivity index (χ4v) is 4.58. The Morgan fingerprint density at radius 2 is 2.16 bits per heavy atom. The molecule has 0 saturated carbocycles. The van der Waals surface area contributed by atoms with Crippen molar-refractivity contribution in [3.05, 3.63) is 39.7 Å². The molecule has 0 saturated heterocycles. The summed E-state index contributed by atoms with van der Waals surface area (Å²) in [5.41, 5.74) is 1.56. The van der Waals surface area contributed by atoms with Crippen molar-refractivity contribution in [3.63, 3.8) is 0 Å². The summed E-state index contributed by atoms with van der Waals surface area (Å²) in [5.74, 6) is 0.847. The van der Waals surface area contributed by atoms with Crippen LogP contribution in [0.5, 0.6) is 0 Å². The number of aryl methyl sites for hydroxylation is 1. The van der Waals surface area contributed by atoms with Crippen molar-refractivity contribution in [1.82, 2.24) is 0 Å². The normalized spacial score (nSPS) is 16.4. The van der Waals surface area contributed by atoms with Crippen molar-refractivity contribution in [2.75, 3.05) is 11.9 Å². The lowest BCUT2D eigenvalue weighted by Crippen LogP contribution is -2.17. The quantitative estimate of drug-likeness (QED) is 0.791. The van der Waals surface area contributed by atoms with E-state index in [9.17, 15) is 9.59 Å². The van der Waals surface area contributed by atoms with Gasteiger partial charge in [-0.05, 0) is 56.7 Å². The van der Waals surface area contributed by atoms with Crippen LogP contribution in [0.2, 0.25) is 0 Å². The highest BCUT2D eigenvalue weighted by Crippen LogP contribution is 2.41. The third-order valence-electron chi connectivity index (χ3n) is 4.62. The monoisotopic (exact) mass is 361 g/mol. The van der Waals surface area contributed by atoms with Gasteiger partial charge in [0.2, 0.25) is 0 Å². The first-order valence-electron chi connectivity index (χ1n) is 8.72. The molecular formula is C19H23NO4S. The van der Waals surface area contributed by atoms with E-state index in [-0.39, 0.29) is 17.6 Å². The van der Waals surface area contributed by atoms with Crippen LogP contribution < -0.4 is 5.32 Å². The first-order chi connectivity index (χ1) is 12.0. The summed E-state index contributed by atoms with van der Waals surface area (Å²) >= 11 is 1.49. The molecule has 25 heavy (non-hydrogen) atoms. The van der Waals surface area contributed by atoms with Gasteiger partial charge in [0.15, 0.2) is 5.76 Å². The first kappa shape index (κ1) is 17.7. The van der Waals surface area contributed by atoms with Gasteiger partial charge in [-0.3, -0.25) is 4.79 Å². The Balaban J connectivity index is 1.93. The lowest BCUT2D eigenvalue weighted by Gasteiger charge is -2.20. The zero-order valence-corrected chi connectivity index (χ0v) is 15.6. The van der Waals surface area contributed by atoms with Crippen molar-refractivity contribution in [2.24, 2.45) is 5.92 Å². The second-order valence-electron chi connectivity index (χ2n) is 6.31. The van der Waals surface area contributed by atoms with Crippen molar-refractivity contribution in [1.29, 1.82) is 0 Å². The van der Waals surface area contributed by atoms with Crippen molar-refractivity contribution in [2.45, 2.75) is 46.5 Å². The van der Waals surface area contributed by atoms with Crippen LogP contribution in [0.4, 0.5) is 5.00 Å². The van der Waals surface area contributed by atoms with Gasteiger partial charge in [0.1, 0.15) is 10.8 Å². The predicted molar refractivity (Wildman–Crippen MR) is 97.5 cm³/mol. The minimum atomic E-state index is -0.360. The fraction of sp³-hybridized carbons (Fsp3) is 0.474. The zero-order valence-electron chi connectivity index (χ0n) is 14.8. The molecule has 0 aromatic carbocycles. The van der Waals surface area contributed by atoms with Gasteiger partial charge in [-0.25, -0.2) is 4.79 Å². The van der Waals surface area contributed by atoms with Gasteiger partial charge in [0.05, 0.1) is 12.2 Å². The maximum atomic E-state index is 12.5. The number of furan rings is 1. The van der Waals surface area contributed by atoms with Gasteiger partial charge < -0.3 is 14.5 Å². The molecule has 134 valence electrons. The van der Waals surface area contributed by atoms with Crippen LogP contribution in [-0.4, -0.2) is 18.5 Å². The second-order valence-corrected chi connectivity index (χ2v) is 7.42. The van der Waals surface area contributed by atoms with Crippen LogP contribution in [0.3, 0.4) is 0 Å². The Morgan fingerprint density at radius 1 is 1.36 bits per heavy atom. The van der Waals surface area contributed by atoms with Crippen LogP contribution in [-0.2, 0) is 17.6 Å². The summed E-state index contributed by atoms with van der Waals surface area (Å²) in [4.78, 5) is 26.1. The summed E-state index contributed by atoms with van der Waals surface area (Å²) < 4.78 is 10.6. The average molecular weight is 361 g/mol. The van der Waals surface area contributed by atoms with E-state index in [0.29, 0.717) is 28.8 Å². The molecule has 1 aliphatic carbocycles.